The van der Waals surface area contributed by atoms with Crippen LogP contribution in [0.1, 0.15) is 6.92 Å². The molecule has 0 unspecified atom stereocenters. The number of carbonyl (C=O) groups is 1. The molecule has 0 aromatic carbocycles. The fourth-order valence-corrected chi connectivity index (χ4v) is 3.12. The van der Waals surface area contributed by atoms with Crippen molar-refractivity contribution in [3.63, 3.8) is 0 Å². The van der Waals surface area contributed by atoms with Crippen molar-refractivity contribution in [1.82, 2.24) is 9.03 Å². The number of hydrogen-bond donors (Lipinski definition) is 2. The molecule has 0 aromatic heterocycles. The SMILES string of the molecule is COCCNS(=O)(=O)N1C[C@@H](C)[C@H](C(=O)O)C1. The summed E-state index contributed by atoms with van der Waals surface area (Å²) in [7, 11) is -2.11. The standard InChI is InChI=1S/C9H18N2O5S/c1-7-5-11(6-8(7)9(12)13)17(14,15)10-3-4-16-2/h7-8,10H,3-6H2,1-2H3,(H,12,13)/t7-,8-/m1/s1. The molecule has 1 heterocycles. The zero-order valence-electron chi connectivity index (χ0n) is 9.92. The highest BCUT2D eigenvalue weighted by molar-refractivity contribution is 7.87. The second kappa shape index (κ2) is 5.76. The lowest BCUT2D eigenvalue weighted by Crippen LogP contribution is -2.41. The zero-order chi connectivity index (χ0) is 13.1. The first-order chi connectivity index (χ1) is 7.88. The van der Waals surface area contributed by atoms with Gasteiger partial charge in [-0.3, -0.25) is 4.79 Å². The maximum absolute atomic E-state index is 11.8. The summed E-state index contributed by atoms with van der Waals surface area (Å²) in [6, 6.07) is 0. The number of methoxy groups -OCH3 is 1. The first-order valence-electron chi connectivity index (χ1n) is 5.35. The molecule has 2 atom stereocenters. The highest BCUT2D eigenvalue weighted by Crippen LogP contribution is 2.24. The van der Waals surface area contributed by atoms with E-state index in [4.69, 9.17) is 9.84 Å². The van der Waals surface area contributed by atoms with Gasteiger partial charge in [0.25, 0.3) is 10.2 Å². The van der Waals surface area contributed by atoms with Gasteiger partial charge in [0.2, 0.25) is 0 Å². The summed E-state index contributed by atoms with van der Waals surface area (Å²) in [5.41, 5.74) is 0. The van der Waals surface area contributed by atoms with E-state index in [-0.39, 0.29) is 32.2 Å². The molecule has 2 N–H and O–H groups in total. The van der Waals surface area contributed by atoms with Gasteiger partial charge in [-0.1, -0.05) is 6.92 Å². The van der Waals surface area contributed by atoms with Crippen LogP contribution in [0.2, 0.25) is 0 Å². The Morgan fingerprint density at radius 2 is 2.18 bits per heavy atom. The maximum Gasteiger partial charge on any atom is 0.308 e. The molecule has 1 aliphatic heterocycles. The topological polar surface area (TPSA) is 95.9 Å². The van der Waals surface area contributed by atoms with Crippen LogP contribution in [0.3, 0.4) is 0 Å². The van der Waals surface area contributed by atoms with Gasteiger partial charge in [-0.2, -0.15) is 17.4 Å². The molecule has 0 saturated carbocycles. The fourth-order valence-electron chi connectivity index (χ4n) is 1.80. The van der Waals surface area contributed by atoms with Gasteiger partial charge < -0.3 is 9.84 Å². The number of nitrogens with zero attached hydrogens (tertiary/aromatic N) is 1. The predicted molar refractivity (Wildman–Crippen MR) is 60.7 cm³/mol. The Hall–Kier alpha value is -0.700. The van der Waals surface area contributed by atoms with E-state index in [9.17, 15) is 13.2 Å². The van der Waals surface area contributed by atoms with E-state index in [1.807, 2.05) is 0 Å². The summed E-state index contributed by atoms with van der Waals surface area (Å²) >= 11 is 0. The molecule has 1 fully saturated rings. The van der Waals surface area contributed by atoms with Gasteiger partial charge in [-0.15, -0.1) is 0 Å². The highest BCUT2D eigenvalue weighted by atomic mass is 32.2. The van der Waals surface area contributed by atoms with Gasteiger partial charge >= 0.3 is 5.97 Å². The van der Waals surface area contributed by atoms with Crippen LogP contribution in [0, 0.1) is 11.8 Å². The average molecular weight is 266 g/mol. The number of nitrogens with one attached hydrogen (secondary N) is 1. The van der Waals surface area contributed by atoms with Crippen molar-refractivity contribution >= 4 is 16.2 Å². The Morgan fingerprint density at radius 1 is 1.53 bits per heavy atom. The van der Waals surface area contributed by atoms with Crippen LogP contribution in [-0.2, 0) is 19.7 Å². The molecular weight excluding hydrogens is 248 g/mol. The normalized spacial score (nSPS) is 26.2. The van der Waals surface area contributed by atoms with E-state index in [0.717, 1.165) is 0 Å². The summed E-state index contributed by atoms with van der Waals surface area (Å²) in [5.74, 6) is -1.76. The Balaban J connectivity index is 2.60. The van der Waals surface area contributed by atoms with Gasteiger partial charge in [0, 0.05) is 26.7 Å². The Kier molecular flexibility index (Phi) is 4.87. The molecule has 0 radical (unpaired) electrons. The van der Waals surface area contributed by atoms with E-state index in [1.54, 1.807) is 6.92 Å². The smallest absolute Gasteiger partial charge is 0.308 e. The quantitative estimate of drug-likeness (QED) is 0.609. The van der Waals surface area contributed by atoms with Crippen LogP contribution in [0.5, 0.6) is 0 Å². The summed E-state index contributed by atoms with van der Waals surface area (Å²) in [6.07, 6.45) is 0. The molecular formula is C9H18N2O5S. The van der Waals surface area contributed by atoms with E-state index >= 15 is 0 Å². The van der Waals surface area contributed by atoms with Crippen LogP contribution in [0.25, 0.3) is 0 Å². The van der Waals surface area contributed by atoms with Gasteiger partial charge in [0.1, 0.15) is 0 Å². The van der Waals surface area contributed by atoms with Gasteiger partial charge in [0.05, 0.1) is 12.5 Å². The molecule has 100 valence electrons. The van der Waals surface area contributed by atoms with Crippen molar-refractivity contribution in [3.05, 3.63) is 0 Å². The lowest BCUT2D eigenvalue weighted by molar-refractivity contribution is -0.142. The Labute approximate surface area is 101 Å². The van der Waals surface area contributed by atoms with Gasteiger partial charge in [-0.05, 0) is 5.92 Å². The van der Waals surface area contributed by atoms with Crippen LogP contribution >= 0.6 is 0 Å². The van der Waals surface area contributed by atoms with E-state index in [1.165, 1.54) is 11.4 Å². The van der Waals surface area contributed by atoms with Crippen molar-refractivity contribution in [1.29, 1.82) is 0 Å². The summed E-state index contributed by atoms with van der Waals surface area (Å²) in [5, 5.41) is 8.92. The molecule has 0 spiro atoms. The number of rotatable bonds is 6. The minimum Gasteiger partial charge on any atom is -0.481 e. The Bertz CT molecular complexity index is 370. The van der Waals surface area contributed by atoms with Crippen molar-refractivity contribution in [2.45, 2.75) is 6.92 Å². The maximum atomic E-state index is 11.8. The predicted octanol–water partition coefficient (Wildman–Crippen LogP) is -0.880. The molecule has 17 heavy (non-hydrogen) atoms. The first kappa shape index (κ1) is 14.4. The second-order valence-electron chi connectivity index (χ2n) is 4.13. The van der Waals surface area contributed by atoms with Crippen LogP contribution in [0.4, 0.5) is 0 Å². The van der Waals surface area contributed by atoms with Crippen LogP contribution < -0.4 is 4.72 Å². The molecule has 7 nitrogen and oxygen atoms in total. The van der Waals surface area contributed by atoms with Gasteiger partial charge in [0.15, 0.2) is 0 Å². The summed E-state index contributed by atoms with van der Waals surface area (Å²) < 4.78 is 31.9. The van der Waals surface area contributed by atoms with Crippen LogP contribution in [0.15, 0.2) is 0 Å². The molecule has 0 aliphatic carbocycles. The lowest BCUT2D eigenvalue weighted by atomic mass is 9.99. The fraction of sp³-hybridized carbons (Fsp3) is 0.889. The third-order valence-corrected chi connectivity index (χ3v) is 4.37. The Morgan fingerprint density at radius 3 is 2.65 bits per heavy atom. The highest BCUT2D eigenvalue weighted by Gasteiger charge is 2.39. The number of carboxylic acid groups (broad SMARTS) is 1. The van der Waals surface area contributed by atoms with Crippen molar-refractivity contribution < 1.29 is 23.1 Å². The molecule has 8 heteroatoms. The molecule has 0 bridgehead atoms. The minimum absolute atomic E-state index is 0.0266. The third-order valence-electron chi connectivity index (χ3n) is 2.83. The monoisotopic (exact) mass is 266 g/mol. The minimum atomic E-state index is -3.59. The van der Waals surface area contributed by atoms with Gasteiger partial charge in [-0.25, -0.2) is 0 Å². The number of carboxylic acids is 1. The summed E-state index contributed by atoms with van der Waals surface area (Å²) in [6.45, 7) is 2.47. The largest absolute Gasteiger partial charge is 0.481 e. The number of aliphatic carboxylic acids is 1. The molecule has 0 amide bonds. The summed E-state index contributed by atoms with van der Waals surface area (Å²) in [4.78, 5) is 10.9. The third kappa shape index (κ3) is 3.63. The van der Waals surface area contributed by atoms with E-state index in [0.29, 0.717) is 0 Å². The van der Waals surface area contributed by atoms with Crippen molar-refractivity contribution in [2.24, 2.45) is 11.8 Å². The average Bonchev–Trinajstić information content (AvgIpc) is 2.61. The molecule has 1 aliphatic rings. The number of hydrogen-bond acceptors (Lipinski definition) is 4. The molecule has 0 aromatic rings. The zero-order valence-corrected chi connectivity index (χ0v) is 10.7. The van der Waals surface area contributed by atoms with Crippen molar-refractivity contribution in [2.75, 3.05) is 33.4 Å². The number of ether oxygens (including phenoxy) is 1. The molecule has 1 saturated heterocycles. The van der Waals surface area contributed by atoms with Crippen LogP contribution in [-0.4, -0.2) is 57.1 Å². The van der Waals surface area contributed by atoms with E-state index in [2.05, 4.69) is 4.72 Å². The van der Waals surface area contributed by atoms with E-state index < -0.39 is 22.1 Å². The first-order valence-corrected chi connectivity index (χ1v) is 6.79. The molecule has 1 rings (SSSR count). The second-order valence-corrected chi connectivity index (χ2v) is 5.89. The lowest BCUT2D eigenvalue weighted by Gasteiger charge is -2.16. The van der Waals surface area contributed by atoms with Crippen molar-refractivity contribution in [3.8, 4) is 0 Å².